The van der Waals surface area contributed by atoms with Crippen LogP contribution in [-0.4, -0.2) is 37.5 Å². The van der Waals surface area contributed by atoms with E-state index in [9.17, 15) is 10.2 Å². The van der Waals surface area contributed by atoms with E-state index in [1.54, 1.807) is 0 Å². The summed E-state index contributed by atoms with van der Waals surface area (Å²) in [6, 6.07) is 1.90. The third-order valence-corrected chi connectivity index (χ3v) is 4.71. The molecule has 0 radical (unpaired) electrons. The Morgan fingerprint density at radius 1 is 1.45 bits per heavy atom. The molecule has 0 aromatic carbocycles. The molecule has 0 saturated heterocycles. The maximum Gasteiger partial charge on any atom is 0.225 e. The third-order valence-electron chi connectivity index (χ3n) is 4.25. The molecule has 2 N–H and O–H groups in total. The van der Waals surface area contributed by atoms with Crippen LogP contribution in [0.3, 0.4) is 0 Å². The van der Waals surface area contributed by atoms with Gasteiger partial charge in [-0.15, -0.1) is 0 Å². The molecule has 7 heteroatoms. The van der Waals surface area contributed by atoms with Crippen LogP contribution in [0.5, 0.6) is 0 Å². The van der Waals surface area contributed by atoms with Crippen LogP contribution in [0.2, 0.25) is 10.4 Å². The Bertz CT molecular complexity index is 660. The second kappa shape index (κ2) is 4.84. The summed E-state index contributed by atoms with van der Waals surface area (Å²) in [7, 11) is 0. The van der Waals surface area contributed by atoms with Gasteiger partial charge in [-0.25, -0.2) is 4.98 Å². The van der Waals surface area contributed by atoms with Crippen molar-refractivity contribution in [3.8, 4) is 0 Å². The van der Waals surface area contributed by atoms with Crippen molar-refractivity contribution in [3.05, 3.63) is 22.7 Å². The van der Waals surface area contributed by atoms with Crippen molar-refractivity contribution in [3.63, 3.8) is 0 Å². The van der Waals surface area contributed by atoms with E-state index in [0.29, 0.717) is 23.6 Å². The van der Waals surface area contributed by atoms with Crippen LogP contribution in [0, 0.1) is 5.41 Å². The Morgan fingerprint density at radius 3 is 2.85 bits per heavy atom. The van der Waals surface area contributed by atoms with Crippen LogP contribution in [-0.2, 0) is 0 Å². The SMILES string of the molecule is C[C@]1(CO)C[C@@H](n2ccc3c(Cl)nc(Cl)nc32)C[C@@H]1O. The molecule has 2 aromatic rings. The van der Waals surface area contributed by atoms with Crippen molar-refractivity contribution >= 4 is 34.2 Å². The van der Waals surface area contributed by atoms with Gasteiger partial charge in [0.05, 0.1) is 18.1 Å². The van der Waals surface area contributed by atoms with Gasteiger partial charge in [0.2, 0.25) is 5.28 Å². The summed E-state index contributed by atoms with van der Waals surface area (Å²) in [6.07, 6.45) is 2.58. The number of aromatic nitrogens is 3. The lowest BCUT2D eigenvalue weighted by Crippen LogP contribution is -2.30. The molecule has 3 rings (SSSR count). The second-order valence-electron chi connectivity index (χ2n) is 5.67. The summed E-state index contributed by atoms with van der Waals surface area (Å²) in [6.45, 7) is 1.85. The highest BCUT2D eigenvalue weighted by Gasteiger charge is 2.43. The monoisotopic (exact) mass is 315 g/mol. The van der Waals surface area contributed by atoms with Gasteiger partial charge in [-0.1, -0.05) is 18.5 Å². The minimum atomic E-state index is -0.539. The van der Waals surface area contributed by atoms with Gasteiger partial charge in [0.1, 0.15) is 10.8 Å². The second-order valence-corrected chi connectivity index (χ2v) is 6.36. The van der Waals surface area contributed by atoms with Crippen molar-refractivity contribution in [1.82, 2.24) is 14.5 Å². The molecule has 0 unspecified atom stereocenters. The maximum absolute atomic E-state index is 10.1. The van der Waals surface area contributed by atoms with Gasteiger partial charge in [-0.3, -0.25) is 0 Å². The summed E-state index contributed by atoms with van der Waals surface area (Å²) in [5, 5.41) is 20.8. The van der Waals surface area contributed by atoms with E-state index in [1.165, 1.54) is 0 Å². The summed E-state index contributed by atoms with van der Waals surface area (Å²) >= 11 is 11.9. The van der Waals surface area contributed by atoms with E-state index in [1.807, 2.05) is 23.8 Å². The van der Waals surface area contributed by atoms with Crippen molar-refractivity contribution in [2.45, 2.75) is 31.9 Å². The zero-order valence-corrected chi connectivity index (χ0v) is 12.4. The highest BCUT2D eigenvalue weighted by Crippen LogP contribution is 2.45. The molecule has 2 aromatic heterocycles. The minimum absolute atomic E-state index is 0.0413. The van der Waals surface area contributed by atoms with Crippen molar-refractivity contribution < 1.29 is 10.2 Å². The molecule has 3 atom stereocenters. The molecule has 1 fully saturated rings. The quantitative estimate of drug-likeness (QED) is 0.659. The van der Waals surface area contributed by atoms with Crippen LogP contribution in [0.25, 0.3) is 11.0 Å². The Morgan fingerprint density at radius 2 is 2.20 bits per heavy atom. The first-order valence-corrected chi connectivity index (χ1v) is 7.19. The lowest BCUT2D eigenvalue weighted by molar-refractivity contribution is 0.0201. The van der Waals surface area contributed by atoms with E-state index in [2.05, 4.69) is 9.97 Å². The summed E-state index contributed by atoms with van der Waals surface area (Å²) in [5.74, 6) is 0. The molecule has 0 spiro atoms. The first kappa shape index (κ1) is 14.1. The van der Waals surface area contributed by atoms with Gasteiger partial charge in [0.15, 0.2) is 0 Å². The van der Waals surface area contributed by atoms with Gasteiger partial charge < -0.3 is 14.8 Å². The standard InChI is InChI=1S/C13H15Cl2N3O2/c1-13(6-19)5-7(4-9(13)20)18-3-2-8-10(14)16-12(15)17-11(8)18/h2-3,7,9,19-20H,4-6H2,1H3/t7-,9-,13+/m0/s1. The topological polar surface area (TPSA) is 71.2 Å². The molecule has 1 saturated carbocycles. The number of halogens is 2. The first-order chi connectivity index (χ1) is 9.44. The highest BCUT2D eigenvalue weighted by atomic mass is 35.5. The number of hydrogen-bond acceptors (Lipinski definition) is 4. The summed E-state index contributed by atoms with van der Waals surface area (Å²) in [5.41, 5.74) is 0.177. The first-order valence-electron chi connectivity index (χ1n) is 6.43. The molecule has 0 bridgehead atoms. The lowest BCUT2D eigenvalue weighted by atomic mass is 9.87. The molecular weight excluding hydrogens is 301 g/mol. The zero-order chi connectivity index (χ0) is 14.5. The Kier molecular flexibility index (Phi) is 3.41. The van der Waals surface area contributed by atoms with Crippen molar-refractivity contribution in [2.75, 3.05) is 6.61 Å². The summed E-state index contributed by atoms with van der Waals surface area (Å²) in [4.78, 5) is 8.15. The van der Waals surface area contributed by atoms with Crippen molar-refractivity contribution in [1.29, 1.82) is 0 Å². The van der Waals surface area contributed by atoms with Crippen LogP contribution in [0.4, 0.5) is 0 Å². The molecule has 0 aliphatic heterocycles. The molecule has 2 heterocycles. The largest absolute Gasteiger partial charge is 0.396 e. The Hall–Kier alpha value is -0.880. The predicted molar refractivity (Wildman–Crippen MR) is 77.0 cm³/mol. The molecule has 20 heavy (non-hydrogen) atoms. The fourth-order valence-corrected chi connectivity index (χ4v) is 3.38. The Balaban J connectivity index is 2.04. The van der Waals surface area contributed by atoms with Crippen molar-refractivity contribution in [2.24, 2.45) is 5.41 Å². The number of aliphatic hydroxyl groups is 2. The fraction of sp³-hybridized carbons (Fsp3) is 0.538. The number of aliphatic hydroxyl groups excluding tert-OH is 2. The molecule has 0 amide bonds. The molecule has 5 nitrogen and oxygen atoms in total. The predicted octanol–water partition coefficient (Wildman–Crippen LogP) is 2.43. The average Bonchev–Trinajstić information content (AvgIpc) is 2.92. The third kappa shape index (κ3) is 2.09. The van der Waals surface area contributed by atoms with Gasteiger partial charge in [0.25, 0.3) is 0 Å². The fourth-order valence-electron chi connectivity index (χ4n) is 2.95. The highest BCUT2D eigenvalue weighted by molar-refractivity contribution is 6.35. The lowest BCUT2D eigenvalue weighted by Gasteiger charge is -2.24. The minimum Gasteiger partial charge on any atom is -0.396 e. The summed E-state index contributed by atoms with van der Waals surface area (Å²) < 4.78 is 1.96. The van der Waals surface area contributed by atoms with E-state index in [4.69, 9.17) is 23.2 Å². The number of fused-ring (bicyclic) bond motifs is 1. The molecule has 1 aliphatic carbocycles. The van der Waals surface area contributed by atoms with E-state index < -0.39 is 11.5 Å². The Labute approximate surface area is 126 Å². The van der Waals surface area contributed by atoms with Gasteiger partial charge in [0, 0.05) is 17.7 Å². The van der Waals surface area contributed by atoms with E-state index >= 15 is 0 Å². The van der Waals surface area contributed by atoms with Crippen LogP contribution >= 0.6 is 23.2 Å². The van der Waals surface area contributed by atoms with E-state index in [-0.39, 0.29) is 17.9 Å². The smallest absolute Gasteiger partial charge is 0.225 e. The molecular formula is C13H15Cl2N3O2. The normalized spacial score (nSPS) is 30.2. The van der Waals surface area contributed by atoms with Gasteiger partial charge >= 0.3 is 0 Å². The van der Waals surface area contributed by atoms with Crippen LogP contribution in [0.1, 0.15) is 25.8 Å². The van der Waals surface area contributed by atoms with E-state index in [0.717, 1.165) is 5.39 Å². The van der Waals surface area contributed by atoms with Crippen LogP contribution < -0.4 is 0 Å². The van der Waals surface area contributed by atoms with Gasteiger partial charge in [-0.2, -0.15) is 4.98 Å². The zero-order valence-electron chi connectivity index (χ0n) is 10.9. The molecule has 108 valence electrons. The van der Waals surface area contributed by atoms with Crippen LogP contribution in [0.15, 0.2) is 12.3 Å². The van der Waals surface area contributed by atoms with Gasteiger partial charge in [-0.05, 0) is 30.5 Å². The number of nitrogens with zero attached hydrogens (tertiary/aromatic N) is 3. The molecule has 1 aliphatic rings. The number of rotatable bonds is 2. The average molecular weight is 316 g/mol. The number of hydrogen-bond donors (Lipinski definition) is 2. The maximum atomic E-state index is 10.1.